The molecule has 0 atom stereocenters. The maximum Gasteiger partial charge on any atom is 0.259 e. The second-order valence-electron chi connectivity index (χ2n) is 6.79. The third-order valence-corrected chi connectivity index (χ3v) is 3.97. The molecule has 25 heavy (non-hydrogen) atoms. The van der Waals surface area contributed by atoms with Crippen LogP contribution in [-0.4, -0.2) is 32.0 Å². The van der Waals surface area contributed by atoms with E-state index in [1.165, 1.54) is 5.56 Å². The van der Waals surface area contributed by atoms with Crippen molar-refractivity contribution in [3.8, 4) is 11.5 Å². The molecule has 3 heterocycles. The predicted molar refractivity (Wildman–Crippen MR) is 96.1 cm³/mol. The van der Waals surface area contributed by atoms with Crippen LogP contribution in [0.1, 0.15) is 30.9 Å². The van der Waals surface area contributed by atoms with Crippen LogP contribution in [-0.2, 0) is 20.0 Å². The maximum atomic E-state index is 5.34. The van der Waals surface area contributed by atoms with Gasteiger partial charge in [0.15, 0.2) is 5.82 Å². The van der Waals surface area contributed by atoms with Crippen LogP contribution in [0.3, 0.4) is 0 Å². The summed E-state index contributed by atoms with van der Waals surface area (Å²) in [5.41, 5.74) is 3.05. The molecule has 0 aliphatic rings. The third-order valence-electron chi connectivity index (χ3n) is 3.97. The van der Waals surface area contributed by atoms with Gasteiger partial charge in [-0.05, 0) is 25.0 Å². The smallest absolute Gasteiger partial charge is 0.259 e. The van der Waals surface area contributed by atoms with Gasteiger partial charge in [-0.25, -0.2) is 4.98 Å². The number of hydrogen-bond donors (Lipinski definition) is 0. The quantitative estimate of drug-likeness (QED) is 0.687. The van der Waals surface area contributed by atoms with E-state index in [0.29, 0.717) is 11.8 Å². The molecule has 3 rings (SSSR count). The van der Waals surface area contributed by atoms with Crippen molar-refractivity contribution in [2.75, 3.05) is 11.9 Å². The second kappa shape index (κ2) is 7.04. The van der Waals surface area contributed by atoms with Crippen LogP contribution in [0.4, 0.5) is 5.82 Å². The molecule has 132 valence electrons. The molecule has 0 fully saturated rings. The minimum absolute atomic E-state index is 0.496. The first kappa shape index (κ1) is 17.1. The molecule has 0 unspecified atom stereocenters. The zero-order valence-electron chi connectivity index (χ0n) is 15.4. The van der Waals surface area contributed by atoms with E-state index in [-0.39, 0.29) is 0 Å². The van der Waals surface area contributed by atoms with Crippen LogP contribution in [0.2, 0.25) is 0 Å². The van der Waals surface area contributed by atoms with Crippen molar-refractivity contribution in [3.63, 3.8) is 0 Å². The summed E-state index contributed by atoms with van der Waals surface area (Å²) < 4.78 is 7.17. The molecule has 0 saturated carbocycles. The molecular formula is C18H24N6O. The molecule has 3 aromatic heterocycles. The number of nitrogens with zero attached hydrogens (tertiary/aromatic N) is 6. The van der Waals surface area contributed by atoms with Crippen molar-refractivity contribution in [3.05, 3.63) is 41.6 Å². The Morgan fingerprint density at radius 2 is 2.08 bits per heavy atom. The van der Waals surface area contributed by atoms with Gasteiger partial charge >= 0.3 is 0 Å². The largest absolute Gasteiger partial charge is 0.355 e. The van der Waals surface area contributed by atoms with Gasteiger partial charge in [0.25, 0.3) is 5.89 Å². The lowest BCUT2D eigenvalue weighted by atomic mass is 10.1. The van der Waals surface area contributed by atoms with Crippen molar-refractivity contribution < 1.29 is 4.52 Å². The van der Waals surface area contributed by atoms with Gasteiger partial charge in [-0.1, -0.05) is 19.0 Å². The highest BCUT2D eigenvalue weighted by atomic mass is 16.5. The number of anilines is 1. The van der Waals surface area contributed by atoms with Gasteiger partial charge in [0.05, 0.1) is 11.3 Å². The monoisotopic (exact) mass is 340 g/mol. The summed E-state index contributed by atoms with van der Waals surface area (Å²) in [6, 6.07) is 3.93. The van der Waals surface area contributed by atoms with Gasteiger partial charge in [0.2, 0.25) is 0 Å². The first-order valence-corrected chi connectivity index (χ1v) is 8.41. The fourth-order valence-corrected chi connectivity index (χ4v) is 2.70. The Labute approximate surface area is 147 Å². The molecule has 7 nitrogen and oxygen atoms in total. The summed E-state index contributed by atoms with van der Waals surface area (Å²) in [5.74, 6) is 2.63. The van der Waals surface area contributed by atoms with Crippen LogP contribution in [0, 0.1) is 12.8 Å². The van der Waals surface area contributed by atoms with Crippen LogP contribution < -0.4 is 4.90 Å². The number of hydrogen-bond acceptors (Lipinski definition) is 6. The number of aromatic nitrogens is 5. The number of aryl methyl sites for hydroxylation is 2. The molecule has 0 amide bonds. The highest BCUT2D eigenvalue weighted by Gasteiger charge is 2.12. The van der Waals surface area contributed by atoms with Crippen LogP contribution >= 0.6 is 0 Å². The Hall–Kier alpha value is -2.70. The molecule has 3 aromatic rings. The average Bonchev–Trinajstić information content (AvgIpc) is 3.13. The van der Waals surface area contributed by atoms with Gasteiger partial charge in [0.1, 0.15) is 5.82 Å². The third kappa shape index (κ3) is 4.04. The molecule has 0 aromatic carbocycles. The second-order valence-corrected chi connectivity index (χ2v) is 6.79. The Morgan fingerprint density at radius 1 is 1.28 bits per heavy atom. The summed E-state index contributed by atoms with van der Waals surface area (Å²) in [4.78, 5) is 11.1. The lowest BCUT2D eigenvalue weighted by Crippen LogP contribution is -2.17. The summed E-state index contributed by atoms with van der Waals surface area (Å²) in [7, 11) is 3.95. The molecule has 0 saturated heterocycles. The van der Waals surface area contributed by atoms with Gasteiger partial charge in [-0.2, -0.15) is 10.1 Å². The Kier molecular flexibility index (Phi) is 4.83. The standard InChI is InChI=1S/C18H24N6O/c1-12(2)8-16-20-18(25-22-16)14-6-7-17(19-9-14)23(4)10-15-11-24(5)21-13(15)3/h6-7,9,11-12H,8,10H2,1-5H3. The normalized spacial score (nSPS) is 11.3. The van der Waals surface area contributed by atoms with Crippen LogP contribution in [0.15, 0.2) is 29.0 Å². The van der Waals surface area contributed by atoms with E-state index in [9.17, 15) is 0 Å². The zero-order chi connectivity index (χ0) is 18.0. The summed E-state index contributed by atoms with van der Waals surface area (Å²) in [6.07, 6.45) is 4.62. The lowest BCUT2D eigenvalue weighted by molar-refractivity contribution is 0.417. The van der Waals surface area contributed by atoms with Gasteiger partial charge in [0, 0.05) is 45.0 Å². The maximum absolute atomic E-state index is 5.34. The number of rotatable bonds is 6. The van der Waals surface area contributed by atoms with E-state index in [2.05, 4.69) is 39.0 Å². The Bertz CT molecular complexity index is 834. The summed E-state index contributed by atoms with van der Waals surface area (Å²) in [6.45, 7) is 7.04. The van der Waals surface area contributed by atoms with Crippen molar-refractivity contribution in [1.29, 1.82) is 0 Å². The molecule has 0 bridgehead atoms. The van der Waals surface area contributed by atoms with Crippen molar-refractivity contribution in [2.45, 2.75) is 33.7 Å². The van der Waals surface area contributed by atoms with E-state index in [1.54, 1.807) is 6.20 Å². The number of pyridine rings is 1. The highest BCUT2D eigenvalue weighted by Crippen LogP contribution is 2.21. The van der Waals surface area contributed by atoms with Crippen LogP contribution in [0.5, 0.6) is 0 Å². The fourth-order valence-electron chi connectivity index (χ4n) is 2.70. The first-order chi connectivity index (χ1) is 11.9. The topological polar surface area (TPSA) is 72.9 Å². The molecule has 0 aliphatic carbocycles. The molecule has 0 spiro atoms. The zero-order valence-corrected chi connectivity index (χ0v) is 15.4. The Balaban J connectivity index is 1.71. The first-order valence-electron chi connectivity index (χ1n) is 8.41. The van der Waals surface area contributed by atoms with E-state index < -0.39 is 0 Å². The van der Waals surface area contributed by atoms with Crippen molar-refractivity contribution in [1.82, 2.24) is 24.9 Å². The van der Waals surface area contributed by atoms with Gasteiger partial charge in [-0.3, -0.25) is 4.68 Å². The van der Waals surface area contributed by atoms with Gasteiger partial charge in [-0.15, -0.1) is 0 Å². The van der Waals surface area contributed by atoms with Gasteiger partial charge < -0.3 is 9.42 Å². The minimum Gasteiger partial charge on any atom is -0.355 e. The van der Waals surface area contributed by atoms with E-state index in [0.717, 1.165) is 35.9 Å². The van der Waals surface area contributed by atoms with E-state index in [4.69, 9.17) is 4.52 Å². The molecule has 0 radical (unpaired) electrons. The molecule has 0 aliphatic heterocycles. The average molecular weight is 340 g/mol. The molecule has 7 heteroatoms. The fraction of sp³-hybridized carbons (Fsp3) is 0.444. The molecular weight excluding hydrogens is 316 g/mol. The predicted octanol–water partition coefficient (Wildman–Crippen LogP) is 3.01. The Morgan fingerprint density at radius 3 is 2.68 bits per heavy atom. The van der Waals surface area contributed by atoms with Crippen LogP contribution in [0.25, 0.3) is 11.5 Å². The SMILES string of the molecule is Cc1nn(C)cc1CN(C)c1ccc(-c2nc(CC(C)C)no2)cn1. The van der Waals surface area contributed by atoms with E-state index >= 15 is 0 Å². The summed E-state index contributed by atoms with van der Waals surface area (Å²) in [5, 5.41) is 8.40. The minimum atomic E-state index is 0.496. The lowest BCUT2D eigenvalue weighted by Gasteiger charge is -2.17. The summed E-state index contributed by atoms with van der Waals surface area (Å²) >= 11 is 0. The van der Waals surface area contributed by atoms with E-state index in [1.807, 2.05) is 44.0 Å². The van der Waals surface area contributed by atoms with Crippen molar-refractivity contribution >= 4 is 5.82 Å². The van der Waals surface area contributed by atoms with Crippen molar-refractivity contribution in [2.24, 2.45) is 13.0 Å². The molecule has 0 N–H and O–H groups in total. The highest BCUT2D eigenvalue weighted by molar-refractivity contribution is 5.54.